The molecule has 1 heterocycles. The zero-order chi connectivity index (χ0) is 20.1. The zero-order valence-electron chi connectivity index (χ0n) is 16.3. The molecule has 1 aliphatic rings. The Hall–Kier alpha value is -1.95. The number of nitrogens with one attached hydrogen (secondary N) is 1. The first-order valence-electron chi connectivity index (χ1n) is 9.56. The number of aryl methyl sites for hydroxylation is 1. The number of carbonyl (C=O) groups is 1. The van der Waals surface area contributed by atoms with E-state index in [1.807, 2.05) is 38.1 Å². The first kappa shape index (κ1) is 20.8. The van der Waals surface area contributed by atoms with E-state index in [-0.39, 0.29) is 30.4 Å². The fourth-order valence-corrected chi connectivity index (χ4v) is 3.94. The molecule has 0 spiro atoms. The number of rotatable bonds is 6. The molecule has 4 nitrogen and oxygen atoms in total. The fraction of sp³-hybridized carbons (Fsp3) is 0.409. The molecule has 150 valence electrons. The van der Waals surface area contributed by atoms with Crippen molar-refractivity contribution < 1.29 is 13.9 Å². The Balaban J connectivity index is 1.74. The summed E-state index contributed by atoms with van der Waals surface area (Å²) in [7, 11) is 0. The quantitative estimate of drug-likeness (QED) is 0.793. The van der Waals surface area contributed by atoms with Gasteiger partial charge in [-0.1, -0.05) is 47.5 Å². The van der Waals surface area contributed by atoms with Crippen LogP contribution in [0.1, 0.15) is 29.7 Å². The van der Waals surface area contributed by atoms with Gasteiger partial charge < -0.3 is 10.1 Å². The normalized spacial score (nSPS) is 18.6. The van der Waals surface area contributed by atoms with Crippen molar-refractivity contribution in [2.24, 2.45) is 0 Å². The third-order valence-electron chi connectivity index (χ3n) is 4.99. The SMILES string of the molecule is Cc1cccc(CC(=O)NCC(c2c(F)cccc2Cl)N2CCOC(C)C2)c1. The number of amides is 1. The largest absolute Gasteiger partial charge is 0.376 e. The molecule has 6 heteroatoms. The smallest absolute Gasteiger partial charge is 0.224 e. The van der Waals surface area contributed by atoms with Crippen molar-refractivity contribution in [3.63, 3.8) is 0 Å². The lowest BCUT2D eigenvalue weighted by molar-refractivity contribution is -0.120. The van der Waals surface area contributed by atoms with Gasteiger partial charge in [-0.25, -0.2) is 4.39 Å². The Kier molecular flexibility index (Phi) is 7.05. The van der Waals surface area contributed by atoms with Gasteiger partial charge in [0.2, 0.25) is 5.91 Å². The van der Waals surface area contributed by atoms with Gasteiger partial charge >= 0.3 is 0 Å². The summed E-state index contributed by atoms with van der Waals surface area (Å²) in [5, 5.41) is 3.34. The second-order valence-corrected chi connectivity index (χ2v) is 7.70. The number of carbonyl (C=O) groups excluding carboxylic acids is 1. The summed E-state index contributed by atoms with van der Waals surface area (Å²) in [6, 6.07) is 12.2. The molecule has 0 aliphatic carbocycles. The number of hydrogen-bond donors (Lipinski definition) is 1. The summed E-state index contributed by atoms with van der Waals surface area (Å²) in [5.74, 6) is -0.450. The maximum absolute atomic E-state index is 14.6. The fourth-order valence-electron chi connectivity index (χ4n) is 3.65. The van der Waals surface area contributed by atoms with Crippen LogP contribution in [0.3, 0.4) is 0 Å². The van der Waals surface area contributed by atoms with Crippen molar-refractivity contribution in [3.8, 4) is 0 Å². The lowest BCUT2D eigenvalue weighted by atomic mass is 10.0. The second-order valence-electron chi connectivity index (χ2n) is 7.30. The lowest BCUT2D eigenvalue weighted by Crippen LogP contribution is -2.47. The van der Waals surface area contributed by atoms with Gasteiger partial charge in [0.25, 0.3) is 0 Å². The minimum absolute atomic E-state index is 0.0461. The van der Waals surface area contributed by atoms with Gasteiger partial charge in [0.15, 0.2) is 0 Å². The third-order valence-corrected chi connectivity index (χ3v) is 5.32. The molecular weight excluding hydrogens is 379 g/mol. The van der Waals surface area contributed by atoms with E-state index in [0.29, 0.717) is 36.7 Å². The number of morpholine rings is 1. The Labute approximate surface area is 170 Å². The molecule has 2 aromatic carbocycles. The van der Waals surface area contributed by atoms with Crippen LogP contribution in [0.15, 0.2) is 42.5 Å². The van der Waals surface area contributed by atoms with Crippen LogP contribution in [0.4, 0.5) is 4.39 Å². The molecule has 1 aliphatic heterocycles. The van der Waals surface area contributed by atoms with Gasteiger partial charge in [-0.05, 0) is 31.5 Å². The van der Waals surface area contributed by atoms with Crippen LogP contribution >= 0.6 is 11.6 Å². The first-order chi connectivity index (χ1) is 13.4. The maximum atomic E-state index is 14.6. The highest BCUT2D eigenvalue weighted by Gasteiger charge is 2.29. The van der Waals surface area contributed by atoms with Crippen molar-refractivity contribution in [1.82, 2.24) is 10.2 Å². The summed E-state index contributed by atoms with van der Waals surface area (Å²) < 4.78 is 20.2. The summed E-state index contributed by atoms with van der Waals surface area (Å²) >= 11 is 6.33. The van der Waals surface area contributed by atoms with E-state index in [1.54, 1.807) is 12.1 Å². The molecule has 2 atom stereocenters. The standard InChI is InChI=1S/C22H26ClFN2O2/c1-15-5-3-6-17(11-15)12-21(27)25-13-20(26-9-10-28-16(2)14-26)22-18(23)7-4-8-19(22)24/h3-8,11,16,20H,9-10,12-14H2,1-2H3,(H,25,27). The molecule has 28 heavy (non-hydrogen) atoms. The van der Waals surface area contributed by atoms with Gasteiger partial charge in [-0.15, -0.1) is 0 Å². The third kappa shape index (κ3) is 5.31. The van der Waals surface area contributed by atoms with Crippen molar-refractivity contribution in [2.45, 2.75) is 32.4 Å². The summed E-state index contributed by atoms with van der Waals surface area (Å²) in [6.45, 7) is 6.16. The highest BCUT2D eigenvalue weighted by Crippen LogP contribution is 2.31. The predicted molar refractivity (Wildman–Crippen MR) is 109 cm³/mol. The molecule has 0 aromatic heterocycles. The number of benzene rings is 2. The number of hydrogen-bond acceptors (Lipinski definition) is 3. The van der Waals surface area contributed by atoms with E-state index in [1.165, 1.54) is 6.07 Å². The number of nitrogens with zero attached hydrogens (tertiary/aromatic N) is 1. The topological polar surface area (TPSA) is 41.6 Å². The summed E-state index contributed by atoms with van der Waals surface area (Å²) in [6.07, 6.45) is 0.337. The number of ether oxygens (including phenoxy) is 1. The lowest BCUT2D eigenvalue weighted by Gasteiger charge is -2.38. The zero-order valence-corrected chi connectivity index (χ0v) is 17.0. The second kappa shape index (κ2) is 9.50. The van der Waals surface area contributed by atoms with Crippen LogP contribution in [0.2, 0.25) is 5.02 Å². The predicted octanol–water partition coefficient (Wildman–Crippen LogP) is 3.91. The molecule has 1 amide bonds. The van der Waals surface area contributed by atoms with E-state index in [4.69, 9.17) is 16.3 Å². The maximum Gasteiger partial charge on any atom is 0.224 e. The van der Waals surface area contributed by atoms with Crippen LogP contribution in [-0.4, -0.2) is 43.2 Å². The molecule has 1 N–H and O–H groups in total. The van der Waals surface area contributed by atoms with E-state index in [9.17, 15) is 9.18 Å². The van der Waals surface area contributed by atoms with Gasteiger partial charge in [-0.3, -0.25) is 9.69 Å². The monoisotopic (exact) mass is 404 g/mol. The van der Waals surface area contributed by atoms with Crippen LogP contribution in [0, 0.1) is 12.7 Å². The van der Waals surface area contributed by atoms with Crippen molar-refractivity contribution in [3.05, 3.63) is 70.0 Å². The Morgan fingerprint density at radius 2 is 2.14 bits per heavy atom. The molecule has 1 saturated heterocycles. The van der Waals surface area contributed by atoms with E-state index in [0.717, 1.165) is 11.1 Å². The van der Waals surface area contributed by atoms with Crippen LogP contribution in [0.25, 0.3) is 0 Å². The minimum atomic E-state index is -0.357. The highest BCUT2D eigenvalue weighted by molar-refractivity contribution is 6.31. The van der Waals surface area contributed by atoms with Gasteiger partial charge in [0.1, 0.15) is 5.82 Å². The molecule has 1 fully saturated rings. The van der Waals surface area contributed by atoms with E-state index >= 15 is 0 Å². The molecule has 2 aromatic rings. The number of halogens is 2. The summed E-state index contributed by atoms with van der Waals surface area (Å²) in [5.41, 5.74) is 2.50. The van der Waals surface area contributed by atoms with Crippen molar-refractivity contribution in [1.29, 1.82) is 0 Å². The molecule has 3 rings (SSSR count). The van der Waals surface area contributed by atoms with E-state index < -0.39 is 0 Å². The molecule has 2 unspecified atom stereocenters. The first-order valence-corrected chi connectivity index (χ1v) is 9.93. The summed E-state index contributed by atoms with van der Waals surface area (Å²) in [4.78, 5) is 14.6. The van der Waals surface area contributed by atoms with Gasteiger partial charge in [0, 0.05) is 30.2 Å². The average Bonchev–Trinajstić information content (AvgIpc) is 2.64. The van der Waals surface area contributed by atoms with Crippen molar-refractivity contribution >= 4 is 17.5 Å². The molecular formula is C22H26ClFN2O2. The Morgan fingerprint density at radius 1 is 1.36 bits per heavy atom. The van der Waals surface area contributed by atoms with Crippen molar-refractivity contribution in [2.75, 3.05) is 26.2 Å². The Bertz CT molecular complexity index is 810. The van der Waals surface area contributed by atoms with Gasteiger partial charge in [0.05, 0.1) is 25.2 Å². The highest BCUT2D eigenvalue weighted by atomic mass is 35.5. The van der Waals surface area contributed by atoms with Crippen LogP contribution < -0.4 is 5.32 Å². The molecule has 0 bridgehead atoms. The van der Waals surface area contributed by atoms with Crippen LogP contribution in [-0.2, 0) is 16.0 Å². The van der Waals surface area contributed by atoms with Gasteiger partial charge in [-0.2, -0.15) is 0 Å². The minimum Gasteiger partial charge on any atom is -0.376 e. The average molecular weight is 405 g/mol. The van der Waals surface area contributed by atoms with E-state index in [2.05, 4.69) is 10.2 Å². The Morgan fingerprint density at radius 3 is 2.86 bits per heavy atom. The van der Waals surface area contributed by atoms with Crippen LogP contribution in [0.5, 0.6) is 0 Å². The molecule has 0 saturated carbocycles. The molecule has 0 radical (unpaired) electrons.